The minimum Gasteiger partial charge on any atom is -0.506 e. The second-order valence-corrected chi connectivity index (χ2v) is 4.14. The van der Waals surface area contributed by atoms with Crippen LogP contribution in [-0.4, -0.2) is 22.4 Å². The van der Waals surface area contributed by atoms with Crippen LogP contribution in [0.1, 0.15) is 18.5 Å². The molecule has 88 valence electrons. The van der Waals surface area contributed by atoms with Crippen LogP contribution in [0.3, 0.4) is 0 Å². The fourth-order valence-electron chi connectivity index (χ4n) is 1.99. The summed E-state index contributed by atoms with van der Waals surface area (Å²) in [7, 11) is 0. The zero-order valence-electron chi connectivity index (χ0n) is 9.27. The summed E-state index contributed by atoms with van der Waals surface area (Å²) < 4.78 is 7.03. The van der Waals surface area contributed by atoms with Gasteiger partial charge < -0.3 is 20.1 Å². The van der Waals surface area contributed by atoms with Crippen molar-refractivity contribution in [1.29, 1.82) is 0 Å². The number of aromatic nitrogens is 1. The van der Waals surface area contributed by atoms with E-state index in [4.69, 9.17) is 10.5 Å². The summed E-state index contributed by atoms with van der Waals surface area (Å²) in [4.78, 5) is 11.8. The van der Waals surface area contributed by atoms with E-state index in [0.717, 1.165) is 19.4 Å². The molecule has 0 radical (unpaired) electrons. The molecule has 0 bridgehead atoms. The molecule has 1 atom stereocenters. The lowest BCUT2D eigenvalue weighted by Crippen LogP contribution is -2.29. The molecule has 0 spiro atoms. The van der Waals surface area contributed by atoms with Crippen molar-refractivity contribution in [1.82, 2.24) is 4.57 Å². The monoisotopic (exact) mass is 224 g/mol. The van der Waals surface area contributed by atoms with Gasteiger partial charge in [-0.15, -0.1) is 0 Å². The number of anilines is 1. The number of nitrogens with zero attached hydrogens (tertiary/aromatic N) is 1. The summed E-state index contributed by atoms with van der Waals surface area (Å²) in [5.74, 6) is -0.147. The maximum absolute atomic E-state index is 11.8. The average molecular weight is 224 g/mol. The highest BCUT2D eigenvalue weighted by atomic mass is 16.5. The number of nitrogen functional groups attached to an aromatic ring is 1. The average Bonchev–Trinajstić information content (AvgIpc) is 2.74. The van der Waals surface area contributed by atoms with Crippen molar-refractivity contribution >= 4 is 5.69 Å². The van der Waals surface area contributed by atoms with Crippen LogP contribution in [0.5, 0.6) is 5.75 Å². The van der Waals surface area contributed by atoms with E-state index in [1.807, 2.05) is 0 Å². The van der Waals surface area contributed by atoms with Gasteiger partial charge in [0.2, 0.25) is 0 Å². The van der Waals surface area contributed by atoms with Gasteiger partial charge in [0.25, 0.3) is 5.56 Å². The molecule has 1 fully saturated rings. The third-order valence-corrected chi connectivity index (χ3v) is 2.93. The molecule has 0 aromatic carbocycles. The Hall–Kier alpha value is -1.49. The van der Waals surface area contributed by atoms with E-state index in [2.05, 4.69) is 0 Å². The Balaban J connectivity index is 2.32. The van der Waals surface area contributed by atoms with Crippen molar-refractivity contribution in [2.75, 3.05) is 12.3 Å². The van der Waals surface area contributed by atoms with Crippen LogP contribution in [0.25, 0.3) is 0 Å². The number of nitrogens with two attached hydrogens (primary N) is 1. The highest BCUT2D eigenvalue weighted by molar-refractivity contribution is 5.50. The number of hydrogen-bond acceptors (Lipinski definition) is 4. The molecule has 3 N–H and O–H groups in total. The van der Waals surface area contributed by atoms with E-state index in [1.165, 1.54) is 6.07 Å². The van der Waals surface area contributed by atoms with Crippen molar-refractivity contribution in [2.45, 2.75) is 32.4 Å². The van der Waals surface area contributed by atoms with E-state index in [1.54, 1.807) is 11.5 Å². The van der Waals surface area contributed by atoms with Gasteiger partial charge in [0.05, 0.1) is 12.6 Å². The zero-order chi connectivity index (χ0) is 11.7. The number of aromatic hydroxyl groups is 1. The second-order valence-electron chi connectivity index (χ2n) is 4.14. The molecule has 0 saturated carbocycles. The van der Waals surface area contributed by atoms with Gasteiger partial charge in [-0.1, -0.05) is 0 Å². The standard InChI is InChI=1S/C11H16N2O3/c1-7-5-9(14)10(12)11(15)13(7)6-8-3-2-4-16-8/h5,8,14H,2-4,6,12H2,1H3/t8-/m0/s1. The molecule has 2 heterocycles. The molecule has 1 aromatic heterocycles. The van der Waals surface area contributed by atoms with Gasteiger partial charge in [-0.2, -0.15) is 0 Å². The van der Waals surface area contributed by atoms with Crippen molar-refractivity contribution < 1.29 is 9.84 Å². The van der Waals surface area contributed by atoms with Crippen LogP contribution in [0.4, 0.5) is 5.69 Å². The van der Waals surface area contributed by atoms with Crippen LogP contribution in [0, 0.1) is 6.92 Å². The normalized spacial score (nSPS) is 20.2. The Morgan fingerprint density at radius 3 is 3.06 bits per heavy atom. The summed E-state index contributed by atoms with van der Waals surface area (Å²) in [6.45, 7) is 3.04. The van der Waals surface area contributed by atoms with E-state index in [-0.39, 0.29) is 23.1 Å². The smallest absolute Gasteiger partial charge is 0.277 e. The van der Waals surface area contributed by atoms with E-state index >= 15 is 0 Å². The summed E-state index contributed by atoms with van der Waals surface area (Å²) in [5, 5.41) is 9.40. The number of hydrogen-bond donors (Lipinski definition) is 2. The Morgan fingerprint density at radius 1 is 1.69 bits per heavy atom. The highest BCUT2D eigenvalue weighted by Gasteiger charge is 2.18. The quantitative estimate of drug-likeness (QED) is 0.772. The summed E-state index contributed by atoms with van der Waals surface area (Å²) in [5.41, 5.74) is 5.77. The maximum Gasteiger partial charge on any atom is 0.277 e. The largest absolute Gasteiger partial charge is 0.506 e. The molecular formula is C11H16N2O3. The third-order valence-electron chi connectivity index (χ3n) is 2.93. The van der Waals surface area contributed by atoms with Crippen LogP contribution in [0.2, 0.25) is 0 Å². The molecule has 0 unspecified atom stereocenters. The Bertz CT molecular complexity index is 447. The fraction of sp³-hybridized carbons (Fsp3) is 0.545. The van der Waals surface area contributed by atoms with Crippen LogP contribution in [-0.2, 0) is 11.3 Å². The molecule has 5 heteroatoms. The summed E-state index contributed by atoms with van der Waals surface area (Å²) in [6.07, 6.45) is 2.08. The Kier molecular flexibility index (Phi) is 2.87. The van der Waals surface area contributed by atoms with Gasteiger partial charge in [-0.25, -0.2) is 0 Å². The first-order valence-electron chi connectivity index (χ1n) is 5.40. The lowest BCUT2D eigenvalue weighted by atomic mass is 10.2. The highest BCUT2D eigenvalue weighted by Crippen LogP contribution is 2.18. The van der Waals surface area contributed by atoms with E-state index in [0.29, 0.717) is 12.2 Å². The van der Waals surface area contributed by atoms with Gasteiger partial charge in [-0.05, 0) is 19.8 Å². The lowest BCUT2D eigenvalue weighted by Gasteiger charge is -2.15. The molecular weight excluding hydrogens is 208 g/mol. The van der Waals surface area contributed by atoms with Crippen LogP contribution >= 0.6 is 0 Å². The van der Waals surface area contributed by atoms with Crippen LogP contribution < -0.4 is 11.3 Å². The minimum atomic E-state index is -0.340. The van der Waals surface area contributed by atoms with Gasteiger partial charge in [0, 0.05) is 18.4 Å². The minimum absolute atomic E-state index is 0.0837. The number of pyridine rings is 1. The van der Waals surface area contributed by atoms with Crippen molar-refractivity contribution in [3.05, 3.63) is 22.1 Å². The molecule has 1 saturated heterocycles. The lowest BCUT2D eigenvalue weighted by molar-refractivity contribution is 0.0956. The topological polar surface area (TPSA) is 77.5 Å². The fourth-order valence-corrected chi connectivity index (χ4v) is 1.99. The molecule has 1 aliphatic rings. The predicted octanol–water partition coefficient (Wildman–Crippen LogP) is 0.624. The second kappa shape index (κ2) is 4.17. The predicted molar refractivity (Wildman–Crippen MR) is 60.5 cm³/mol. The van der Waals surface area contributed by atoms with E-state index in [9.17, 15) is 9.90 Å². The first-order valence-corrected chi connectivity index (χ1v) is 5.40. The Morgan fingerprint density at radius 2 is 2.44 bits per heavy atom. The number of rotatable bonds is 2. The molecule has 0 aliphatic carbocycles. The van der Waals surface area contributed by atoms with Gasteiger partial charge in [0.1, 0.15) is 11.4 Å². The summed E-state index contributed by atoms with van der Waals surface area (Å²) in [6, 6.07) is 1.51. The summed E-state index contributed by atoms with van der Waals surface area (Å²) >= 11 is 0. The van der Waals surface area contributed by atoms with Crippen LogP contribution in [0.15, 0.2) is 10.9 Å². The molecule has 1 aromatic rings. The van der Waals surface area contributed by atoms with Gasteiger partial charge in [0.15, 0.2) is 0 Å². The SMILES string of the molecule is Cc1cc(O)c(N)c(=O)n1C[C@@H]1CCCO1. The Labute approximate surface area is 93.5 Å². The first kappa shape index (κ1) is 11.0. The molecule has 1 aliphatic heterocycles. The third kappa shape index (κ3) is 1.90. The molecule has 2 rings (SSSR count). The molecule has 5 nitrogen and oxygen atoms in total. The van der Waals surface area contributed by atoms with Gasteiger partial charge >= 0.3 is 0 Å². The number of aryl methyl sites for hydroxylation is 1. The van der Waals surface area contributed by atoms with Crippen molar-refractivity contribution in [3.63, 3.8) is 0 Å². The van der Waals surface area contributed by atoms with Crippen molar-refractivity contribution in [2.24, 2.45) is 0 Å². The maximum atomic E-state index is 11.8. The molecule has 0 amide bonds. The van der Waals surface area contributed by atoms with E-state index < -0.39 is 0 Å². The molecule has 16 heavy (non-hydrogen) atoms. The number of ether oxygens (including phenoxy) is 1. The van der Waals surface area contributed by atoms with Crippen molar-refractivity contribution in [3.8, 4) is 5.75 Å². The zero-order valence-corrected chi connectivity index (χ0v) is 9.27. The van der Waals surface area contributed by atoms with Gasteiger partial charge in [-0.3, -0.25) is 4.79 Å². The first-order chi connectivity index (χ1) is 7.59.